The summed E-state index contributed by atoms with van der Waals surface area (Å²) in [5, 5.41) is 20.4. The number of rotatable bonds is 18. The third-order valence-electron chi connectivity index (χ3n) is 6.00. The molecule has 1 amide bonds. The Morgan fingerprint density at radius 1 is 0.875 bits per heavy atom. The lowest BCUT2D eigenvalue weighted by Gasteiger charge is -2.35. The second-order valence-electron chi connectivity index (χ2n) is 10.2. The van der Waals surface area contributed by atoms with Crippen molar-refractivity contribution in [2.75, 3.05) is 38.8 Å². The maximum Gasteiger partial charge on any atom is 0.259 e. The number of hydrogen-bond acceptors (Lipinski definition) is 8. The Kier molecular flexibility index (Phi) is 15.4. The lowest BCUT2D eigenvalue weighted by atomic mass is 10.2. The van der Waals surface area contributed by atoms with Crippen molar-refractivity contribution < 1.29 is 13.8 Å². The molecule has 9 nitrogen and oxygen atoms in total. The largest absolute Gasteiger partial charge is 0.378 e. The van der Waals surface area contributed by atoms with Gasteiger partial charge in [-0.15, -0.1) is 0 Å². The van der Waals surface area contributed by atoms with Gasteiger partial charge in [-0.25, -0.2) is 4.67 Å². The van der Waals surface area contributed by atoms with E-state index in [1.165, 1.54) is 0 Å². The topological polar surface area (TPSA) is 103 Å². The fourth-order valence-electron chi connectivity index (χ4n) is 3.95. The van der Waals surface area contributed by atoms with Crippen molar-refractivity contribution in [2.45, 2.75) is 71.9 Å². The number of anilines is 1. The molecule has 2 aromatic rings. The normalized spacial score (nSPS) is 12.3. The SMILES string of the molecule is CC(C)N(C(C)C)P(OCCC#N)OCCCCCCNC(=O)c1ccc(N=Nc2ccc(N(C)C)cc2)cc1. The van der Waals surface area contributed by atoms with E-state index in [0.717, 1.165) is 37.1 Å². The van der Waals surface area contributed by atoms with Crippen LogP contribution in [0.2, 0.25) is 0 Å². The maximum absolute atomic E-state index is 12.5. The van der Waals surface area contributed by atoms with Crippen molar-refractivity contribution in [3.63, 3.8) is 0 Å². The number of azo groups is 1. The molecule has 2 aromatic carbocycles. The number of hydrogen-bond donors (Lipinski definition) is 1. The summed E-state index contributed by atoms with van der Waals surface area (Å²) >= 11 is 0. The summed E-state index contributed by atoms with van der Waals surface area (Å²) in [6.45, 7) is 10.2. The van der Waals surface area contributed by atoms with E-state index in [2.05, 4.69) is 54.0 Å². The molecule has 1 N–H and O–H groups in total. The Labute approximate surface area is 241 Å². The van der Waals surface area contributed by atoms with Crippen LogP contribution in [0.4, 0.5) is 17.1 Å². The van der Waals surface area contributed by atoms with Crippen molar-refractivity contribution in [3.05, 3.63) is 54.1 Å². The van der Waals surface area contributed by atoms with Gasteiger partial charge in [0.1, 0.15) is 0 Å². The second kappa shape index (κ2) is 18.5. The number of nitrogens with one attached hydrogen (secondary N) is 1. The molecule has 0 aliphatic heterocycles. The van der Waals surface area contributed by atoms with Crippen molar-refractivity contribution in [1.29, 1.82) is 5.26 Å². The van der Waals surface area contributed by atoms with E-state index in [1.807, 2.05) is 43.3 Å². The molecule has 0 aromatic heterocycles. The lowest BCUT2D eigenvalue weighted by molar-refractivity contribution is 0.0952. The molecule has 2 rings (SSSR count). The smallest absolute Gasteiger partial charge is 0.259 e. The van der Waals surface area contributed by atoms with Gasteiger partial charge in [0.2, 0.25) is 0 Å². The van der Waals surface area contributed by atoms with Crippen LogP contribution in [-0.2, 0) is 9.05 Å². The van der Waals surface area contributed by atoms with Crippen molar-refractivity contribution in [1.82, 2.24) is 9.99 Å². The van der Waals surface area contributed by atoms with Gasteiger partial charge in [-0.2, -0.15) is 15.5 Å². The monoisotopic (exact) mass is 568 g/mol. The van der Waals surface area contributed by atoms with Gasteiger partial charge in [0.05, 0.1) is 37.1 Å². The molecule has 40 heavy (non-hydrogen) atoms. The van der Waals surface area contributed by atoms with E-state index in [9.17, 15) is 4.79 Å². The summed E-state index contributed by atoms with van der Waals surface area (Å²) in [6, 6.07) is 17.7. The first kappa shape index (κ1) is 33.3. The predicted molar refractivity (Wildman–Crippen MR) is 163 cm³/mol. The summed E-state index contributed by atoms with van der Waals surface area (Å²) in [4.78, 5) is 14.5. The first-order valence-corrected chi connectivity index (χ1v) is 15.1. The molecule has 0 bridgehead atoms. The average molecular weight is 569 g/mol. The molecule has 0 aliphatic rings. The molecule has 0 fully saturated rings. The van der Waals surface area contributed by atoms with E-state index < -0.39 is 8.53 Å². The summed E-state index contributed by atoms with van der Waals surface area (Å²) in [6.07, 6.45) is 4.21. The number of benzene rings is 2. The number of unbranched alkanes of at least 4 members (excludes halogenated alkanes) is 3. The Morgan fingerprint density at radius 2 is 1.43 bits per heavy atom. The second-order valence-corrected chi connectivity index (χ2v) is 11.7. The third kappa shape index (κ3) is 12.1. The molecule has 0 aliphatic carbocycles. The number of carbonyl (C=O) groups is 1. The quantitative estimate of drug-likeness (QED) is 0.112. The molecule has 0 radical (unpaired) electrons. The standard InChI is InChI=1S/C30H45N6O3P/c1-24(2)36(25(3)4)40(39-23-11-20-31)38-22-10-8-7-9-21-32-30(37)26-12-14-27(15-13-26)33-34-28-16-18-29(19-17-28)35(5)6/h12-19,24-25H,7-11,21-23H2,1-6H3,(H,32,37). The first-order valence-electron chi connectivity index (χ1n) is 14.0. The van der Waals surface area contributed by atoms with Gasteiger partial charge in [0.25, 0.3) is 14.4 Å². The van der Waals surface area contributed by atoms with Gasteiger partial charge in [0.15, 0.2) is 0 Å². The summed E-state index contributed by atoms with van der Waals surface area (Å²) in [7, 11) is 2.80. The van der Waals surface area contributed by atoms with E-state index in [-0.39, 0.29) is 5.91 Å². The Hall–Kier alpha value is -2.89. The van der Waals surface area contributed by atoms with Crippen LogP contribution in [0, 0.1) is 11.3 Å². The Morgan fingerprint density at radius 3 is 1.98 bits per heavy atom. The minimum absolute atomic E-state index is 0.0891. The maximum atomic E-state index is 12.5. The molecule has 0 heterocycles. The van der Waals surface area contributed by atoms with Crippen LogP contribution in [-0.4, -0.2) is 56.5 Å². The van der Waals surface area contributed by atoms with E-state index >= 15 is 0 Å². The van der Waals surface area contributed by atoms with E-state index in [4.69, 9.17) is 14.3 Å². The van der Waals surface area contributed by atoms with Crippen LogP contribution < -0.4 is 10.2 Å². The van der Waals surface area contributed by atoms with E-state index in [0.29, 0.717) is 49.5 Å². The van der Waals surface area contributed by atoms with E-state index in [1.54, 1.807) is 24.3 Å². The summed E-state index contributed by atoms with van der Waals surface area (Å²) in [5.74, 6) is -0.0891. The van der Waals surface area contributed by atoms with Crippen LogP contribution in [0.25, 0.3) is 0 Å². The fraction of sp³-hybridized carbons (Fsp3) is 0.533. The minimum Gasteiger partial charge on any atom is -0.378 e. The van der Waals surface area contributed by atoms with Gasteiger partial charge in [-0.05, 0) is 89.1 Å². The van der Waals surface area contributed by atoms with Crippen LogP contribution in [0.5, 0.6) is 0 Å². The molecule has 1 unspecified atom stereocenters. The minimum atomic E-state index is -1.19. The molecular formula is C30H45N6O3P. The van der Waals surface area contributed by atoms with Crippen molar-refractivity contribution in [3.8, 4) is 6.07 Å². The Bertz CT molecular complexity index is 1060. The van der Waals surface area contributed by atoms with Crippen LogP contribution >= 0.6 is 8.53 Å². The summed E-state index contributed by atoms with van der Waals surface area (Å²) in [5.41, 5.74) is 3.18. The predicted octanol–water partition coefficient (Wildman–Crippen LogP) is 7.75. The first-order chi connectivity index (χ1) is 19.2. The number of nitriles is 1. The van der Waals surface area contributed by atoms with Gasteiger partial charge in [-0.1, -0.05) is 12.8 Å². The van der Waals surface area contributed by atoms with Crippen molar-refractivity contribution >= 4 is 31.5 Å². The van der Waals surface area contributed by atoms with Crippen LogP contribution in [0.15, 0.2) is 58.8 Å². The van der Waals surface area contributed by atoms with Crippen LogP contribution in [0.1, 0.15) is 70.2 Å². The number of nitrogens with zero attached hydrogens (tertiary/aromatic N) is 5. The zero-order valence-corrected chi connectivity index (χ0v) is 25.7. The molecule has 0 saturated heterocycles. The molecule has 10 heteroatoms. The van der Waals surface area contributed by atoms with Gasteiger partial charge in [0, 0.05) is 44.0 Å². The lowest BCUT2D eigenvalue weighted by Crippen LogP contribution is -2.33. The molecule has 218 valence electrons. The third-order valence-corrected chi connectivity index (χ3v) is 8.11. The van der Waals surface area contributed by atoms with Gasteiger partial charge < -0.3 is 19.3 Å². The zero-order valence-electron chi connectivity index (χ0n) is 24.8. The van der Waals surface area contributed by atoms with Crippen LogP contribution in [0.3, 0.4) is 0 Å². The Balaban J connectivity index is 1.67. The molecule has 0 saturated carbocycles. The highest BCUT2D eigenvalue weighted by molar-refractivity contribution is 7.44. The highest BCUT2D eigenvalue weighted by atomic mass is 31.2. The molecule has 0 spiro atoms. The van der Waals surface area contributed by atoms with Crippen molar-refractivity contribution in [2.24, 2.45) is 10.2 Å². The average Bonchev–Trinajstić information content (AvgIpc) is 2.93. The fourth-order valence-corrected chi connectivity index (χ4v) is 5.58. The zero-order chi connectivity index (χ0) is 29.3. The van der Waals surface area contributed by atoms with Gasteiger partial charge >= 0.3 is 0 Å². The molecular weight excluding hydrogens is 523 g/mol. The highest BCUT2D eigenvalue weighted by Gasteiger charge is 2.26. The van der Waals surface area contributed by atoms with Gasteiger partial charge in [-0.3, -0.25) is 4.79 Å². The highest BCUT2D eigenvalue weighted by Crippen LogP contribution is 2.46. The molecule has 1 atom stereocenters. The number of carbonyl (C=O) groups excluding carboxylic acids is 1. The summed E-state index contributed by atoms with van der Waals surface area (Å²) < 4.78 is 14.3. The number of amides is 1.